The maximum absolute atomic E-state index is 11.5. The molecule has 1 aromatic heterocycles. The monoisotopic (exact) mass is 315 g/mol. The lowest BCUT2D eigenvalue weighted by molar-refractivity contribution is -0.116. The topological polar surface area (TPSA) is 38.3 Å². The van der Waals surface area contributed by atoms with Crippen LogP contribution in [0.15, 0.2) is 22.0 Å². The molecule has 1 fully saturated rings. The number of amides is 1. The van der Waals surface area contributed by atoms with Gasteiger partial charge in [-0.15, -0.1) is 11.3 Å². The minimum atomic E-state index is -0.0648. The molecule has 1 N–H and O–H groups in total. The molecule has 3 nitrogen and oxygen atoms in total. The van der Waals surface area contributed by atoms with E-state index in [1.807, 2.05) is 18.2 Å². The Balaban J connectivity index is 1.74. The quantitative estimate of drug-likeness (QED) is 0.868. The molecule has 0 bridgehead atoms. The van der Waals surface area contributed by atoms with Crippen molar-refractivity contribution in [2.45, 2.75) is 18.9 Å². The van der Waals surface area contributed by atoms with Gasteiger partial charge in [0.15, 0.2) is 0 Å². The first-order valence-corrected chi connectivity index (χ1v) is 7.18. The highest BCUT2D eigenvalue weighted by Gasteiger charge is 2.15. The Morgan fingerprint density at radius 1 is 1.65 bits per heavy atom. The largest absolute Gasteiger partial charge is 0.376 e. The molecule has 1 unspecified atom stereocenters. The van der Waals surface area contributed by atoms with E-state index in [4.69, 9.17) is 4.74 Å². The van der Waals surface area contributed by atoms with Crippen LogP contribution < -0.4 is 5.32 Å². The van der Waals surface area contributed by atoms with E-state index in [0.717, 1.165) is 28.1 Å². The predicted molar refractivity (Wildman–Crippen MR) is 73.0 cm³/mol. The molecule has 92 valence electrons. The van der Waals surface area contributed by atoms with E-state index in [1.54, 1.807) is 17.4 Å². The molecule has 1 aliphatic heterocycles. The van der Waals surface area contributed by atoms with E-state index in [2.05, 4.69) is 21.2 Å². The van der Waals surface area contributed by atoms with Gasteiger partial charge in [-0.1, -0.05) is 0 Å². The van der Waals surface area contributed by atoms with E-state index < -0.39 is 0 Å². The SMILES string of the molecule is O=C(C=Cc1ccc(Br)s1)NCC1CCCO1. The number of rotatable bonds is 4. The van der Waals surface area contributed by atoms with Crippen LogP contribution in [0.4, 0.5) is 0 Å². The lowest BCUT2D eigenvalue weighted by Gasteiger charge is -2.08. The van der Waals surface area contributed by atoms with E-state index in [9.17, 15) is 4.79 Å². The molecule has 17 heavy (non-hydrogen) atoms. The van der Waals surface area contributed by atoms with Gasteiger partial charge in [-0.25, -0.2) is 0 Å². The van der Waals surface area contributed by atoms with Gasteiger partial charge in [0.25, 0.3) is 0 Å². The predicted octanol–water partition coefficient (Wildman–Crippen LogP) is 2.82. The van der Waals surface area contributed by atoms with Gasteiger partial charge in [-0.3, -0.25) is 4.79 Å². The van der Waals surface area contributed by atoms with Crippen LogP contribution in [0.2, 0.25) is 0 Å². The van der Waals surface area contributed by atoms with Crippen LogP contribution >= 0.6 is 27.3 Å². The maximum atomic E-state index is 11.5. The first-order valence-electron chi connectivity index (χ1n) is 5.57. The summed E-state index contributed by atoms with van der Waals surface area (Å²) in [5.41, 5.74) is 0. The maximum Gasteiger partial charge on any atom is 0.244 e. The number of nitrogens with one attached hydrogen (secondary N) is 1. The number of hydrogen-bond acceptors (Lipinski definition) is 3. The third-order valence-electron chi connectivity index (χ3n) is 2.52. The van der Waals surface area contributed by atoms with E-state index >= 15 is 0 Å². The van der Waals surface area contributed by atoms with Crippen molar-refractivity contribution in [3.05, 3.63) is 26.9 Å². The van der Waals surface area contributed by atoms with Crippen molar-refractivity contribution in [3.8, 4) is 0 Å². The lowest BCUT2D eigenvalue weighted by atomic mass is 10.2. The number of carbonyl (C=O) groups is 1. The Bertz CT molecular complexity index is 410. The molecule has 0 aromatic carbocycles. The lowest BCUT2D eigenvalue weighted by Crippen LogP contribution is -2.30. The van der Waals surface area contributed by atoms with Crippen molar-refractivity contribution < 1.29 is 9.53 Å². The zero-order valence-electron chi connectivity index (χ0n) is 9.32. The fourth-order valence-electron chi connectivity index (χ4n) is 1.65. The summed E-state index contributed by atoms with van der Waals surface area (Å²) in [6, 6.07) is 3.94. The molecule has 1 aromatic rings. The van der Waals surface area contributed by atoms with E-state index in [0.29, 0.717) is 6.54 Å². The average Bonchev–Trinajstić information content (AvgIpc) is 2.95. The summed E-state index contributed by atoms with van der Waals surface area (Å²) in [5.74, 6) is -0.0648. The Morgan fingerprint density at radius 3 is 3.18 bits per heavy atom. The fourth-order valence-corrected chi connectivity index (χ4v) is 2.98. The van der Waals surface area contributed by atoms with Gasteiger partial charge in [0, 0.05) is 24.1 Å². The van der Waals surface area contributed by atoms with Crippen LogP contribution in [0.1, 0.15) is 17.7 Å². The standard InChI is InChI=1S/C12H14BrNO2S/c13-11-5-3-10(17-11)4-6-12(15)14-8-9-2-1-7-16-9/h3-6,9H,1-2,7-8H2,(H,14,15). The van der Waals surface area contributed by atoms with Crippen molar-refractivity contribution in [2.24, 2.45) is 0 Å². The molecular weight excluding hydrogens is 302 g/mol. The Morgan fingerprint density at radius 2 is 2.53 bits per heavy atom. The third-order valence-corrected chi connectivity index (χ3v) is 4.11. The number of carbonyl (C=O) groups excluding carboxylic acids is 1. The molecular formula is C12H14BrNO2S. The number of halogens is 1. The van der Waals surface area contributed by atoms with Crippen molar-refractivity contribution in [1.82, 2.24) is 5.32 Å². The van der Waals surface area contributed by atoms with Crippen molar-refractivity contribution in [3.63, 3.8) is 0 Å². The van der Waals surface area contributed by atoms with Crippen molar-refractivity contribution >= 4 is 39.2 Å². The van der Waals surface area contributed by atoms with Gasteiger partial charge in [0.1, 0.15) is 0 Å². The fraction of sp³-hybridized carbons (Fsp3) is 0.417. The smallest absolute Gasteiger partial charge is 0.244 e. The second-order valence-electron chi connectivity index (χ2n) is 3.86. The summed E-state index contributed by atoms with van der Waals surface area (Å²) in [7, 11) is 0. The number of hydrogen-bond donors (Lipinski definition) is 1. The highest BCUT2D eigenvalue weighted by Crippen LogP contribution is 2.22. The van der Waals surface area contributed by atoms with Gasteiger partial charge in [0.2, 0.25) is 5.91 Å². The van der Waals surface area contributed by atoms with E-state index in [1.165, 1.54) is 0 Å². The molecule has 5 heteroatoms. The Hall–Kier alpha value is -0.650. The summed E-state index contributed by atoms with van der Waals surface area (Å²) >= 11 is 4.98. The van der Waals surface area contributed by atoms with Gasteiger partial charge in [-0.05, 0) is 47.0 Å². The van der Waals surface area contributed by atoms with Crippen LogP contribution in [0, 0.1) is 0 Å². The number of ether oxygens (including phenoxy) is 1. The second-order valence-corrected chi connectivity index (χ2v) is 6.35. The van der Waals surface area contributed by atoms with Crippen LogP contribution in [0.25, 0.3) is 6.08 Å². The third kappa shape index (κ3) is 4.26. The summed E-state index contributed by atoms with van der Waals surface area (Å²) in [4.78, 5) is 12.6. The summed E-state index contributed by atoms with van der Waals surface area (Å²) in [5, 5.41) is 2.84. The number of thiophene rings is 1. The van der Waals surface area contributed by atoms with Crippen molar-refractivity contribution in [1.29, 1.82) is 0 Å². The van der Waals surface area contributed by atoms with Crippen molar-refractivity contribution in [2.75, 3.05) is 13.2 Å². The molecule has 2 heterocycles. The molecule has 0 spiro atoms. The van der Waals surface area contributed by atoms with Crippen LogP contribution in [-0.2, 0) is 9.53 Å². The zero-order chi connectivity index (χ0) is 12.1. The first kappa shape index (κ1) is 12.8. The average molecular weight is 316 g/mol. The molecule has 1 saturated heterocycles. The molecule has 1 atom stereocenters. The summed E-state index contributed by atoms with van der Waals surface area (Å²) < 4.78 is 6.49. The normalized spacial score (nSPS) is 19.9. The molecule has 1 amide bonds. The molecule has 0 aliphatic carbocycles. The summed E-state index contributed by atoms with van der Waals surface area (Å²) in [6.07, 6.45) is 5.72. The molecule has 2 rings (SSSR count). The summed E-state index contributed by atoms with van der Waals surface area (Å²) in [6.45, 7) is 1.43. The molecule has 1 aliphatic rings. The minimum absolute atomic E-state index is 0.0648. The molecule has 0 radical (unpaired) electrons. The highest BCUT2D eigenvalue weighted by molar-refractivity contribution is 9.11. The van der Waals surface area contributed by atoms with Gasteiger partial charge in [-0.2, -0.15) is 0 Å². The van der Waals surface area contributed by atoms with Crippen LogP contribution in [0.3, 0.4) is 0 Å². The Kier molecular flexibility index (Phi) is 4.76. The second kappa shape index (κ2) is 6.33. The van der Waals surface area contributed by atoms with Gasteiger partial charge in [0.05, 0.1) is 9.89 Å². The van der Waals surface area contributed by atoms with E-state index in [-0.39, 0.29) is 12.0 Å². The molecule has 0 saturated carbocycles. The minimum Gasteiger partial charge on any atom is -0.376 e. The van der Waals surface area contributed by atoms with Crippen LogP contribution in [-0.4, -0.2) is 25.2 Å². The van der Waals surface area contributed by atoms with Gasteiger partial charge < -0.3 is 10.1 Å². The Labute approximate surface area is 113 Å². The highest BCUT2D eigenvalue weighted by atomic mass is 79.9. The first-order chi connectivity index (χ1) is 8.24. The zero-order valence-corrected chi connectivity index (χ0v) is 11.7. The van der Waals surface area contributed by atoms with Gasteiger partial charge >= 0.3 is 0 Å². The van der Waals surface area contributed by atoms with Crippen LogP contribution in [0.5, 0.6) is 0 Å².